The third-order valence-electron chi connectivity index (χ3n) is 17.3. The highest BCUT2D eigenvalue weighted by Gasteiger charge is 2.43. The molecule has 0 spiro atoms. The van der Waals surface area contributed by atoms with Gasteiger partial charge in [-0.25, -0.2) is 0 Å². The lowest BCUT2D eigenvalue weighted by molar-refractivity contribution is 0.590. The highest BCUT2D eigenvalue weighted by molar-refractivity contribution is 6.45. The summed E-state index contributed by atoms with van der Waals surface area (Å²) in [5.74, 6) is 0. The van der Waals surface area contributed by atoms with Crippen LogP contribution in [0.15, 0.2) is 170 Å². The van der Waals surface area contributed by atoms with Gasteiger partial charge in [-0.1, -0.05) is 187 Å². The maximum atomic E-state index is 2.67. The van der Waals surface area contributed by atoms with E-state index in [1.807, 2.05) is 0 Å². The quantitative estimate of drug-likeness (QED) is 0.164. The van der Waals surface area contributed by atoms with E-state index in [1.165, 1.54) is 143 Å². The zero-order chi connectivity index (χ0) is 46.0. The topological polar surface area (TPSA) is 8.82 Å². The van der Waals surface area contributed by atoms with Gasteiger partial charge in [0, 0.05) is 53.9 Å². The number of fused-ring (bicyclic) bond motifs is 20. The van der Waals surface area contributed by atoms with Gasteiger partial charge in [-0.3, -0.25) is 0 Å². The molecule has 0 radical (unpaired) electrons. The SMILES string of the molecule is CC(C)(C)c1ccc2c3c4c5ccc(C6(C)c7ccccc7-c7ccccc76)cc5n5c6cc(C(C)(C)C)ccc6c(c6c7ccc(C8(C)c9ccccc9-c9ccccc98)cc7n(c2c1)c36)c45. The van der Waals surface area contributed by atoms with Crippen molar-refractivity contribution >= 4 is 76.2 Å². The summed E-state index contributed by atoms with van der Waals surface area (Å²) in [4.78, 5) is 0. The molecule has 9 aromatic carbocycles. The van der Waals surface area contributed by atoms with E-state index in [-0.39, 0.29) is 21.7 Å². The molecule has 0 fully saturated rings. The molecule has 2 heteroatoms. The molecule has 0 amide bonds. The minimum absolute atomic E-state index is 0.0165. The number of hydrogen-bond donors (Lipinski definition) is 0. The molecule has 4 aromatic heterocycles. The molecule has 2 aliphatic carbocycles. The van der Waals surface area contributed by atoms with E-state index >= 15 is 0 Å². The normalized spacial score (nSPS) is 15.3. The summed E-state index contributed by atoms with van der Waals surface area (Å²) in [6, 6.07) is 66.0. The van der Waals surface area contributed by atoms with Gasteiger partial charge in [-0.15, -0.1) is 0 Å². The summed E-state index contributed by atoms with van der Waals surface area (Å²) in [6.45, 7) is 19.0. The van der Waals surface area contributed by atoms with Crippen LogP contribution in [-0.2, 0) is 21.7 Å². The number of hydrogen-bond acceptors (Lipinski definition) is 0. The summed E-state index contributed by atoms with van der Waals surface area (Å²) < 4.78 is 5.35. The number of nitrogens with zero attached hydrogens (tertiary/aromatic N) is 2. The van der Waals surface area contributed by atoms with E-state index < -0.39 is 0 Å². The Balaban J connectivity index is 1.13. The third kappa shape index (κ3) is 4.46. The van der Waals surface area contributed by atoms with Crippen LogP contribution < -0.4 is 0 Å². The van der Waals surface area contributed by atoms with E-state index in [4.69, 9.17) is 0 Å². The Kier molecular flexibility index (Phi) is 7.03. The van der Waals surface area contributed by atoms with Crippen LogP contribution in [0.4, 0.5) is 0 Å². The zero-order valence-electron chi connectivity index (χ0n) is 40.1. The number of rotatable bonds is 2. The van der Waals surface area contributed by atoms with Crippen molar-refractivity contribution < 1.29 is 0 Å². The van der Waals surface area contributed by atoms with Gasteiger partial charge in [0.1, 0.15) is 0 Å². The van der Waals surface area contributed by atoms with Gasteiger partial charge in [0.15, 0.2) is 0 Å². The van der Waals surface area contributed by atoms with Crippen molar-refractivity contribution in [1.82, 2.24) is 8.80 Å². The Morgan fingerprint density at radius 2 is 0.603 bits per heavy atom. The van der Waals surface area contributed by atoms with E-state index in [0.717, 1.165) is 0 Å². The maximum absolute atomic E-state index is 2.67. The summed E-state index contributed by atoms with van der Waals surface area (Å²) in [7, 11) is 0. The molecule has 68 heavy (non-hydrogen) atoms. The summed E-state index contributed by atoms with van der Waals surface area (Å²) in [5, 5.41) is 10.7. The maximum Gasteiger partial charge on any atom is 0.0634 e. The molecule has 15 rings (SSSR count). The van der Waals surface area contributed by atoms with Gasteiger partial charge < -0.3 is 8.80 Å². The summed E-state index contributed by atoms with van der Waals surface area (Å²) >= 11 is 0. The van der Waals surface area contributed by atoms with Gasteiger partial charge >= 0.3 is 0 Å². The van der Waals surface area contributed by atoms with Crippen LogP contribution in [0.3, 0.4) is 0 Å². The third-order valence-corrected chi connectivity index (χ3v) is 17.3. The molecule has 2 aliphatic rings. The van der Waals surface area contributed by atoms with Crippen LogP contribution in [0.5, 0.6) is 0 Å². The van der Waals surface area contributed by atoms with Crippen molar-refractivity contribution in [2.24, 2.45) is 0 Å². The van der Waals surface area contributed by atoms with Gasteiger partial charge in [0.2, 0.25) is 0 Å². The summed E-state index contributed by atoms with van der Waals surface area (Å²) in [6.07, 6.45) is 0. The lowest BCUT2D eigenvalue weighted by Gasteiger charge is -2.28. The first kappa shape index (κ1) is 38.7. The first-order chi connectivity index (χ1) is 32.8. The highest BCUT2D eigenvalue weighted by atomic mass is 14.9. The van der Waals surface area contributed by atoms with Crippen LogP contribution in [-0.4, -0.2) is 8.80 Å². The van der Waals surface area contributed by atoms with Crippen molar-refractivity contribution in [2.75, 3.05) is 0 Å². The molecule has 0 unspecified atom stereocenters. The van der Waals surface area contributed by atoms with E-state index in [0.29, 0.717) is 0 Å². The molecule has 13 aromatic rings. The Bertz CT molecular complexity index is 3990. The van der Waals surface area contributed by atoms with Crippen LogP contribution >= 0.6 is 0 Å². The van der Waals surface area contributed by atoms with Crippen LogP contribution in [0.25, 0.3) is 98.4 Å². The van der Waals surface area contributed by atoms with Crippen LogP contribution in [0, 0.1) is 0 Å². The molecule has 4 heterocycles. The molecular weight excluding hydrogens is 821 g/mol. The Labute approximate surface area is 396 Å². The smallest absolute Gasteiger partial charge is 0.0634 e. The minimum atomic E-state index is -0.311. The van der Waals surface area contributed by atoms with E-state index in [2.05, 4.69) is 234 Å². The van der Waals surface area contributed by atoms with Gasteiger partial charge in [-0.05, 0) is 116 Å². The lowest BCUT2D eigenvalue weighted by Crippen LogP contribution is -2.22. The van der Waals surface area contributed by atoms with Gasteiger partial charge in [-0.2, -0.15) is 0 Å². The fraction of sp³-hybridized carbons (Fsp3) is 0.182. The van der Waals surface area contributed by atoms with Crippen molar-refractivity contribution in [3.63, 3.8) is 0 Å². The van der Waals surface area contributed by atoms with Gasteiger partial charge in [0.05, 0.1) is 33.1 Å². The lowest BCUT2D eigenvalue weighted by atomic mass is 9.74. The molecule has 0 N–H and O–H groups in total. The minimum Gasteiger partial charge on any atom is -0.308 e. The van der Waals surface area contributed by atoms with Crippen molar-refractivity contribution in [1.29, 1.82) is 0 Å². The van der Waals surface area contributed by atoms with Crippen molar-refractivity contribution in [2.45, 2.75) is 77.0 Å². The first-order valence-corrected chi connectivity index (χ1v) is 24.6. The molecule has 0 saturated carbocycles. The fourth-order valence-electron chi connectivity index (χ4n) is 13.8. The highest BCUT2D eigenvalue weighted by Crippen LogP contribution is 2.57. The molecule has 0 saturated heterocycles. The average molecular weight is 873 g/mol. The predicted molar refractivity (Wildman–Crippen MR) is 288 cm³/mol. The molecule has 0 atom stereocenters. The van der Waals surface area contributed by atoms with Crippen LogP contribution in [0.2, 0.25) is 0 Å². The second kappa shape index (κ2) is 12.4. The monoisotopic (exact) mass is 872 g/mol. The Morgan fingerprint density at radius 1 is 0.324 bits per heavy atom. The average Bonchev–Trinajstić information content (AvgIpc) is 4.16. The van der Waals surface area contributed by atoms with E-state index in [1.54, 1.807) is 0 Å². The molecule has 326 valence electrons. The number of aromatic nitrogens is 2. The predicted octanol–water partition coefficient (Wildman–Crippen LogP) is 17.3. The fourth-order valence-corrected chi connectivity index (χ4v) is 13.8. The summed E-state index contributed by atoms with van der Waals surface area (Å²) in [5.41, 5.74) is 23.3. The molecule has 2 nitrogen and oxygen atoms in total. The Morgan fingerprint density at radius 3 is 0.912 bits per heavy atom. The largest absolute Gasteiger partial charge is 0.308 e. The second-order valence-corrected chi connectivity index (χ2v) is 22.7. The molecule has 0 bridgehead atoms. The molecule has 0 aliphatic heterocycles. The van der Waals surface area contributed by atoms with Crippen molar-refractivity contribution in [3.8, 4) is 22.3 Å². The van der Waals surface area contributed by atoms with Crippen LogP contribution in [0.1, 0.15) is 99.9 Å². The zero-order valence-corrected chi connectivity index (χ0v) is 40.1. The van der Waals surface area contributed by atoms with E-state index in [9.17, 15) is 0 Å². The molecular formula is C66H52N2. The van der Waals surface area contributed by atoms with Crippen molar-refractivity contribution in [3.05, 3.63) is 214 Å². The second-order valence-electron chi connectivity index (χ2n) is 22.7. The standard InChI is InChI=1S/C66H52N2/c1-63(2,3)37-25-29-45-53(33-37)67-55-35-39(65(7)49-21-13-9-17-41(49)42-18-10-14-22-50(42)65)27-31-47(55)60-58-46-30-26-38(64(4,5)6)34-54(46)68-56-36-40(28-32-48(56)59(62(58)68)57(45)61(60)67)66(8)51-23-15-11-19-43(51)44-20-12-16-24-52(44)66/h9-36H,1-8H3. The van der Waals surface area contributed by atoms with Gasteiger partial charge in [0.25, 0.3) is 0 Å². The Hall–Kier alpha value is -7.42. The first-order valence-electron chi connectivity index (χ1n) is 24.6. The number of benzene rings is 9.